The molecule has 0 bridgehead atoms. The smallest absolute Gasteiger partial charge is 0.275 e. The molecule has 3 aromatic heterocycles. The summed E-state index contributed by atoms with van der Waals surface area (Å²) in [6.07, 6.45) is 1.73. The fourth-order valence-corrected chi connectivity index (χ4v) is 4.24. The predicted octanol–water partition coefficient (Wildman–Crippen LogP) is 5.02. The Morgan fingerprint density at radius 2 is 1.89 bits per heavy atom. The molecule has 27 heavy (non-hydrogen) atoms. The molecule has 0 fully saturated rings. The van der Waals surface area contributed by atoms with Gasteiger partial charge in [0.1, 0.15) is 16.1 Å². The number of para-hydroxylation sites is 2. The molecule has 0 aliphatic carbocycles. The molecular formula is C20H10Cl2N2O2S. The van der Waals surface area contributed by atoms with Crippen LogP contribution in [0.4, 0.5) is 0 Å². The minimum atomic E-state index is -0.101. The zero-order valence-electron chi connectivity index (χ0n) is 13.6. The highest BCUT2D eigenvalue weighted by Crippen LogP contribution is 2.29. The van der Waals surface area contributed by atoms with Crippen molar-refractivity contribution in [2.24, 2.45) is 0 Å². The van der Waals surface area contributed by atoms with E-state index in [2.05, 4.69) is 4.98 Å². The monoisotopic (exact) mass is 412 g/mol. The average molecular weight is 413 g/mol. The van der Waals surface area contributed by atoms with Crippen LogP contribution in [0.25, 0.3) is 33.4 Å². The molecule has 5 aromatic rings. The van der Waals surface area contributed by atoms with Gasteiger partial charge in [-0.3, -0.25) is 4.79 Å². The Hall–Kier alpha value is -2.60. The minimum Gasteiger partial charge on any atom is -0.457 e. The van der Waals surface area contributed by atoms with Crippen molar-refractivity contribution in [2.45, 2.75) is 0 Å². The van der Waals surface area contributed by atoms with E-state index in [1.54, 1.807) is 22.6 Å². The second-order valence-corrected chi connectivity index (χ2v) is 7.79. The number of benzene rings is 2. The number of halogens is 2. The number of nitrogens with zero attached hydrogens (tertiary/aromatic N) is 2. The Bertz CT molecular complexity index is 1430. The predicted molar refractivity (Wildman–Crippen MR) is 110 cm³/mol. The molecule has 0 saturated heterocycles. The average Bonchev–Trinajstić information content (AvgIpc) is 3.34. The number of fused-ring (bicyclic) bond motifs is 3. The minimum absolute atomic E-state index is 0.101. The molecule has 2 aromatic carbocycles. The van der Waals surface area contributed by atoms with Gasteiger partial charge in [-0.05, 0) is 42.5 Å². The van der Waals surface area contributed by atoms with E-state index in [0.29, 0.717) is 31.1 Å². The molecule has 0 aliphatic heterocycles. The molecule has 4 nitrogen and oxygen atoms in total. The van der Waals surface area contributed by atoms with E-state index in [9.17, 15) is 4.79 Å². The molecule has 7 heteroatoms. The lowest BCUT2D eigenvalue weighted by atomic mass is 10.2. The maximum absolute atomic E-state index is 12.8. The summed E-state index contributed by atoms with van der Waals surface area (Å²) >= 11 is 13.4. The molecule has 0 atom stereocenters. The molecular weight excluding hydrogens is 403 g/mol. The second kappa shape index (κ2) is 6.23. The first-order valence-corrected chi connectivity index (χ1v) is 9.64. The van der Waals surface area contributed by atoms with Gasteiger partial charge < -0.3 is 4.42 Å². The first kappa shape index (κ1) is 16.6. The van der Waals surface area contributed by atoms with Gasteiger partial charge in [0, 0.05) is 11.6 Å². The normalized spacial score (nSPS) is 12.4. The topological polar surface area (TPSA) is 47.5 Å². The molecule has 3 heterocycles. The maximum Gasteiger partial charge on any atom is 0.275 e. The number of hydrogen-bond acceptors (Lipinski definition) is 4. The Morgan fingerprint density at radius 3 is 2.74 bits per heavy atom. The van der Waals surface area contributed by atoms with Gasteiger partial charge in [-0.1, -0.05) is 46.7 Å². The fourth-order valence-electron chi connectivity index (χ4n) is 2.98. The van der Waals surface area contributed by atoms with Crippen molar-refractivity contribution in [3.8, 4) is 11.3 Å². The van der Waals surface area contributed by atoms with E-state index in [1.165, 1.54) is 11.3 Å². The van der Waals surface area contributed by atoms with Crippen molar-refractivity contribution in [3.05, 3.63) is 85.3 Å². The second-order valence-electron chi connectivity index (χ2n) is 5.97. The van der Waals surface area contributed by atoms with Gasteiger partial charge in [0.25, 0.3) is 5.56 Å². The van der Waals surface area contributed by atoms with E-state index in [-0.39, 0.29) is 5.56 Å². The highest BCUT2D eigenvalue weighted by atomic mass is 35.5. The third-order valence-electron chi connectivity index (χ3n) is 4.25. The number of thiazole rings is 1. The van der Waals surface area contributed by atoms with Gasteiger partial charge in [0.2, 0.25) is 0 Å². The summed E-state index contributed by atoms with van der Waals surface area (Å²) in [6.45, 7) is 0. The summed E-state index contributed by atoms with van der Waals surface area (Å²) in [6, 6.07) is 16.5. The molecule has 0 saturated carbocycles. The van der Waals surface area contributed by atoms with Crippen LogP contribution in [-0.2, 0) is 0 Å². The largest absolute Gasteiger partial charge is 0.457 e. The Morgan fingerprint density at radius 1 is 1.04 bits per heavy atom. The Labute approximate surface area is 166 Å². The number of hydrogen-bond donors (Lipinski definition) is 0. The number of furan rings is 1. The molecule has 0 radical (unpaired) electrons. The Kier molecular flexibility index (Phi) is 3.82. The molecule has 0 aliphatic rings. The SMILES string of the molecule is O=c1c(=Cc2ccc(-c3ccc(Cl)c(Cl)c3)o2)sc2nc3ccccc3n12. The van der Waals surface area contributed by atoms with Gasteiger partial charge in [-0.25, -0.2) is 9.38 Å². The van der Waals surface area contributed by atoms with Crippen LogP contribution in [-0.4, -0.2) is 9.38 Å². The lowest BCUT2D eigenvalue weighted by Crippen LogP contribution is -2.22. The lowest BCUT2D eigenvalue weighted by molar-refractivity contribution is 0.571. The summed E-state index contributed by atoms with van der Waals surface area (Å²) < 4.78 is 8.07. The van der Waals surface area contributed by atoms with Gasteiger partial charge in [0.15, 0.2) is 4.96 Å². The van der Waals surface area contributed by atoms with Crippen LogP contribution in [0.15, 0.2) is 63.8 Å². The van der Waals surface area contributed by atoms with E-state index in [0.717, 1.165) is 16.6 Å². The third kappa shape index (κ3) is 2.75. The summed E-state index contributed by atoms with van der Waals surface area (Å²) in [5.74, 6) is 1.24. The zero-order valence-corrected chi connectivity index (χ0v) is 16.0. The van der Waals surface area contributed by atoms with E-state index in [1.807, 2.05) is 42.5 Å². The molecule has 0 unspecified atom stereocenters. The molecule has 0 amide bonds. The highest BCUT2D eigenvalue weighted by Gasteiger charge is 2.11. The van der Waals surface area contributed by atoms with Crippen LogP contribution in [0, 0.1) is 0 Å². The zero-order chi connectivity index (χ0) is 18.5. The van der Waals surface area contributed by atoms with Gasteiger partial charge in [-0.2, -0.15) is 0 Å². The van der Waals surface area contributed by atoms with Gasteiger partial charge in [0.05, 0.1) is 21.1 Å². The maximum atomic E-state index is 12.8. The van der Waals surface area contributed by atoms with Gasteiger partial charge >= 0.3 is 0 Å². The first-order valence-electron chi connectivity index (χ1n) is 8.07. The third-order valence-corrected chi connectivity index (χ3v) is 5.96. The van der Waals surface area contributed by atoms with Crippen molar-refractivity contribution in [3.63, 3.8) is 0 Å². The van der Waals surface area contributed by atoms with Crippen LogP contribution in [0.1, 0.15) is 5.76 Å². The van der Waals surface area contributed by atoms with Crippen molar-refractivity contribution < 1.29 is 4.42 Å². The van der Waals surface area contributed by atoms with Crippen molar-refractivity contribution in [1.82, 2.24) is 9.38 Å². The number of rotatable bonds is 2. The van der Waals surface area contributed by atoms with Crippen LogP contribution in [0.2, 0.25) is 10.0 Å². The molecule has 132 valence electrons. The van der Waals surface area contributed by atoms with Crippen LogP contribution in [0.5, 0.6) is 0 Å². The molecule has 5 rings (SSSR count). The fraction of sp³-hybridized carbons (Fsp3) is 0. The molecule has 0 N–H and O–H groups in total. The van der Waals surface area contributed by atoms with Crippen molar-refractivity contribution in [1.29, 1.82) is 0 Å². The van der Waals surface area contributed by atoms with Crippen LogP contribution >= 0.6 is 34.5 Å². The highest BCUT2D eigenvalue weighted by molar-refractivity contribution is 7.15. The standard InChI is InChI=1S/C20H10Cl2N2O2S/c21-13-7-5-11(9-14(13)22)17-8-6-12(26-17)10-18-19(25)24-16-4-2-1-3-15(16)23-20(24)27-18/h1-10H. The van der Waals surface area contributed by atoms with E-state index in [4.69, 9.17) is 27.6 Å². The summed E-state index contributed by atoms with van der Waals surface area (Å²) in [4.78, 5) is 18.0. The Balaban J connectivity index is 1.61. The summed E-state index contributed by atoms with van der Waals surface area (Å²) in [7, 11) is 0. The van der Waals surface area contributed by atoms with Crippen molar-refractivity contribution in [2.75, 3.05) is 0 Å². The summed E-state index contributed by atoms with van der Waals surface area (Å²) in [5.41, 5.74) is 2.34. The number of imidazole rings is 1. The lowest BCUT2D eigenvalue weighted by Gasteiger charge is -1.99. The summed E-state index contributed by atoms with van der Waals surface area (Å²) in [5, 5.41) is 0.952. The molecule has 0 spiro atoms. The van der Waals surface area contributed by atoms with Crippen LogP contribution < -0.4 is 10.1 Å². The van der Waals surface area contributed by atoms with E-state index < -0.39 is 0 Å². The number of aromatic nitrogens is 2. The van der Waals surface area contributed by atoms with E-state index >= 15 is 0 Å². The van der Waals surface area contributed by atoms with Crippen LogP contribution in [0.3, 0.4) is 0 Å². The van der Waals surface area contributed by atoms with Crippen molar-refractivity contribution >= 4 is 56.6 Å². The quantitative estimate of drug-likeness (QED) is 0.408. The van der Waals surface area contributed by atoms with Gasteiger partial charge in [-0.15, -0.1) is 0 Å². The first-order chi connectivity index (χ1) is 13.1.